The molecule has 2 amide bonds. The van der Waals surface area contributed by atoms with Crippen molar-refractivity contribution in [2.75, 3.05) is 20.1 Å². The number of hydrogen-bond donors (Lipinski definition) is 1. The number of carbonyl (C=O) groups excluding carboxylic acids is 2. The molecule has 0 radical (unpaired) electrons. The number of aromatic nitrogens is 2. The van der Waals surface area contributed by atoms with Gasteiger partial charge in [-0.3, -0.25) is 19.1 Å². The highest BCUT2D eigenvalue weighted by atomic mass is 16.4. The average Bonchev–Trinajstić information content (AvgIpc) is 2.99. The molecule has 0 aliphatic carbocycles. The first-order valence-corrected chi connectivity index (χ1v) is 8.95. The summed E-state index contributed by atoms with van der Waals surface area (Å²) in [5, 5.41) is 13.9. The zero-order valence-electron chi connectivity index (χ0n) is 15.8. The van der Waals surface area contributed by atoms with Crippen LogP contribution in [0.2, 0.25) is 0 Å². The summed E-state index contributed by atoms with van der Waals surface area (Å²) >= 11 is 0. The summed E-state index contributed by atoms with van der Waals surface area (Å²) in [7, 11) is 1.68. The van der Waals surface area contributed by atoms with Crippen molar-refractivity contribution in [1.82, 2.24) is 19.6 Å². The van der Waals surface area contributed by atoms with Crippen molar-refractivity contribution in [1.29, 1.82) is 0 Å². The number of nitrogens with zero attached hydrogens (tertiary/aromatic N) is 4. The Balaban J connectivity index is 1.69. The van der Waals surface area contributed by atoms with Gasteiger partial charge in [0.15, 0.2) is 0 Å². The number of likely N-dealkylation sites (tertiary alicyclic amines) is 2. The Kier molecular flexibility index (Phi) is 4.54. The Labute approximate surface area is 152 Å². The molecular formula is C18H26N4O4. The molecule has 1 N–H and O–H groups in total. The van der Waals surface area contributed by atoms with Crippen LogP contribution >= 0.6 is 0 Å². The summed E-state index contributed by atoms with van der Waals surface area (Å²) < 4.78 is 1.72. The summed E-state index contributed by atoms with van der Waals surface area (Å²) in [6.07, 6.45) is 1.03. The van der Waals surface area contributed by atoms with Crippen LogP contribution in [0.5, 0.6) is 0 Å². The minimum absolute atomic E-state index is 0.0238. The van der Waals surface area contributed by atoms with E-state index in [9.17, 15) is 19.5 Å². The largest absolute Gasteiger partial charge is 0.481 e. The minimum atomic E-state index is -0.930. The van der Waals surface area contributed by atoms with Crippen molar-refractivity contribution in [2.24, 2.45) is 5.92 Å². The molecule has 3 heterocycles. The zero-order chi connectivity index (χ0) is 19.2. The highest BCUT2D eigenvalue weighted by molar-refractivity contribution is 5.88. The molecule has 1 aromatic rings. The van der Waals surface area contributed by atoms with Gasteiger partial charge in [0.25, 0.3) is 0 Å². The maximum Gasteiger partial charge on any atom is 0.309 e. The summed E-state index contributed by atoms with van der Waals surface area (Å²) in [4.78, 5) is 39.7. The summed E-state index contributed by atoms with van der Waals surface area (Å²) in [6, 6.07) is 0. The van der Waals surface area contributed by atoms with Crippen molar-refractivity contribution in [3.63, 3.8) is 0 Å². The molecule has 3 rings (SSSR count). The quantitative estimate of drug-likeness (QED) is 0.855. The number of aliphatic carboxylic acids is 1. The van der Waals surface area contributed by atoms with Gasteiger partial charge in [-0.1, -0.05) is 0 Å². The monoisotopic (exact) mass is 362 g/mol. The number of carboxylic acid groups (broad SMARTS) is 1. The van der Waals surface area contributed by atoms with E-state index in [2.05, 4.69) is 5.10 Å². The molecule has 142 valence electrons. The molecule has 1 aromatic heterocycles. The van der Waals surface area contributed by atoms with Gasteiger partial charge in [-0.05, 0) is 39.2 Å². The number of carbonyl (C=O) groups is 3. The predicted molar refractivity (Wildman–Crippen MR) is 93.5 cm³/mol. The van der Waals surface area contributed by atoms with Crippen molar-refractivity contribution >= 4 is 17.8 Å². The van der Waals surface area contributed by atoms with E-state index in [1.165, 1.54) is 0 Å². The van der Waals surface area contributed by atoms with Crippen LogP contribution in [0.15, 0.2) is 0 Å². The molecule has 0 unspecified atom stereocenters. The SMILES string of the molecule is Cc1nn(CC(=O)N2CCC3(CC2)[C@@H](C(=O)O)CC(=O)N3C)c(C)c1C. The van der Waals surface area contributed by atoms with Crippen LogP contribution in [0.3, 0.4) is 0 Å². The van der Waals surface area contributed by atoms with E-state index in [1.807, 2.05) is 20.8 Å². The third-order valence-electron chi connectivity index (χ3n) is 6.38. The van der Waals surface area contributed by atoms with E-state index in [0.717, 1.165) is 17.0 Å². The number of amides is 2. The number of piperidine rings is 1. The molecule has 26 heavy (non-hydrogen) atoms. The lowest BCUT2D eigenvalue weighted by molar-refractivity contribution is -0.147. The van der Waals surface area contributed by atoms with E-state index in [4.69, 9.17) is 0 Å². The van der Waals surface area contributed by atoms with E-state index < -0.39 is 17.4 Å². The number of rotatable bonds is 3. The molecular weight excluding hydrogens is 336 g/mol. The molecule has 0 aromatic carbocycles. The van der Waals surface area contributed by atoms with Gasteiger partial charge < -0.3 is 14.9 Å². The van der Waals surface area contributed by atoms with Gasteiger partial charge in [0.2, 0.25) is 11.8 Å². The Hall–Kier alpha value is -2.38. The second-order valence-electron chi connectivity index (χ2n) is 7.49. The number of hydrogen-bond acceptors (Lipinski definition) is 4. The van der Waals surface area contributed by atoms with Crippen LogP contribution in [0.1, 0.15) is 36.2 Å². The van der Waals surface area contributed by atoms with Gasteiger partial charge in [-0.25, -0.2) is 0 Å². The molecule has 2 saturated heterocycles. The standard InChI is InChI=1S/C18H26N4O4/c1-11-12(2)19-22(13(11)3)10-16(24)21-7-5-18(6-8-21)14(17(25)26)9-15(23)20(18)4/h14H,5-10H2,1-4H3,(H,25,26)/t14-/m1/s1. The molecule has 2 aliphatic rings. The van der Waals surface area contributed by atoms with Gasteiger partial charge in [0.1, 0.15) is 6.54 Å². The maximum absolute atomic E-state index is 12.7. The van der Waals surface area contributed by atoms with E-state index in [0.29, 0.717) is 25.9 Å². The van der Waals surface area contributed by atoms with Crippen LogP contribution < -0.4 is 0 Å². The summed E-state index contributed by atoms with van der Waals surface area (Å²) in [5.41, 5.74) is 2.32. The third-order valence-corrected chi connectivity index (χ3v) is 6.38. The smallest absolute Gasteiger partial charge is 0.309 e. The Morgan fingerprint density at radius 2 is 1.85 bits per heavy atom. The topological polar surface area (TPSA) is 95.7 Å². The lowest BCUT2D eigenvalue weighted by Crippen LogP contribution is -2.57. The molecule has 8 nitrogen and oxygen atoms in total. The van der Waals surface area contributed by atoms with Gasteiger partial charge in [-0.2, -0.15) is 5.10 Å². The summed E-state index contributed by atoms with van der Waals surface area (Å²) in [5.74, 6) is -1.78. The van der Waals surface area contributed by atoms with Gasteiger partial charge in [-0.15, -0.1) is 0 Å². The Morgan fingerprint density at radius 1 is 1.23 bits per heavy atom. The maximum atomic E-state index is 12.7. The lowest BCUT2D eigenvalue weighted by Gasteiger charge is -2.45. The zero-order valence-corrected chi connectivity index (χ0v) is 15.8. The van der Waals surface area contributed by atoms with E-state index >= 15 is 0 Å². The van der Waals surface area contributed by atoms with Gasteiger partial charge >= 0.3 is 5.97 Å². The minimum Gasteiger partial charge on any atom is -0.481 e. The van der Waals surface area contributed by atoms with Crippen LogP contribution in [0.25, 0.3) is 0 Å². The molecule has 2 aliphatic heterocycles. The number of aryl methyl sites for hydroxylation is 1. The van der Waals surface area contributed by atoms with Crippen molar-refractivity contribution in [3.05, 3.63) is 17.0 Å². The Morgan fingerprint density at radius 3 is 2.35 bits per heavy atom. The molecule has 1 spiro atoms. The van der Waals surface area contributed by atoms with Crippen LogP contribution in [0.4, 0.5) is 0 Å². The highest BCUT2D eigenvalue weighted by Gasteiger charge is 2.55. The molecule has 0 saturated carbocycles. The second kappa shape index (κ2) is 6.41. The summed E-state index contributed by atoms with van der Waals surface area (Å²) in [6.45, 7) is 6.96. The average molecular weight is 362 g/mol. The van der Waals surface area contributed by atoms with Gasteiger partial charge in [0.05, 0.1) is 17.2 Å². The fourth-order valence-electron chi connectivity index (χ4n) is 4.30. The second-order valence-corrected chi connectivity index (χ2v) is 7.49. The van der Waals surface area contributed by atoms with E-state index in [-0.39, 0.29) is 24.8 Å². The first-order valence-electron chi connectivity index (χ1n) is 8.95. The first kappa shape index (κ1) is 18.4. The lowest BCUT2D eigenvalue weighted by atomic mass is 9.77. The van der Waals surface area contributed by atoms with E-state index in [1.54, 1.807) is 21.5 Å². The van der Waals surface area contributed by atoms with Crippen molar-refractivity contribution in [3.8, 4) is 0 Å². The molecule has 8 heteroatoms. The number of carboxylic acids is 1. The van der Waals surface area contributed by atoms with Crippen molar-refractivity contribution in [2.45, 2.75) is 52.1 Å². The molecule has 1 atom stereocenters. The Bertz CT molecular complexity index is 761. The van der Waals surface area contributed by atoms with Crippen LogP contribution in [0, 0.1) is 26.7 Å². The fraction of sp³-hybridized carbons (Fsp3) is 0.667. The highest BCUT2D eigenvalue weighted by Crippen LogP contribution is 2.42. The normalized spacial score (nSPS) is 22.3. The molecule has 0 bridgehead atoms. The third kappa shape index (κ3) is 2.77. The first-order chi connectivity index (χ1) is 12.2. The molecule has 2 fully saturated rings. The fourth-order valence-corrected chi connectivity index (χ4v) is 4.30. The van der Waals surface area contributed by atoms with Crippen LogP contribution in [-0.2, 0) is 20.9 Å². The predicted octanol–water partition coefficient (Wildman–Crippen LogP) is 0.732. The van der Waals surface area contributed by atoms with Crippen LogP contribution in [-0.4, -0.2) is 68.1 Å². The van der Waals surface area contributed by atoms with Gasteiger partial charge in [0, 0.05) is 32.3 Å². The van der Waals surface area contributed by atoms with Crippen molar-refractivity contribution < 1.29 is 19.5 Å².